The third kappa shape index (κ3) is 0.815. The van der Waals surface area contributed by atoms with Gasteiger partial charge in [-0.15, -0.1) is 0 Å². The molecule has 2 aromatic rings. The number of imidazole rings is 1. The molecular formula is C6H4N4O2. The molecule has 0 saturated carbocycles. The van der Waals surface area contributed by atoms with Crippen LogP contribution < -0.4 is 0 Å². The summed E-state index contributed by atoms with van der Waals surface area (Å²) >= 11 is 0. The minimum atomic E-state index is -0.521. The topological polar surface area (TPSA) is 73.3 Å². The lowest BCUT2D eigenvalue weighted by Gasteiger charge is -1.88. The lowest BCUT2D eigenvalue weighted by atomic mass is 10.6. The van der Waals surface area contributed by atoms with Crippen LogP contribution in [0.1, 0.15) is 0 Å². The summed E-state index contributed by atoms with van der Waals surface area (Å²) in [5.74, 6) is -0.120. The average Bonchev–Trinajstić information content (AvgIpc) is 2.47. The van der Waals surface area contributed by atoms with Crippen molar-refractivity contribution < 1.29 is 4.92 Å². The Morgan fingerprint density at radius 2 is 2.42 bits per heavy atom. The minimum Gasteiger partial charge on any atom is -0.358 e. The quantitative estimate of drug-likeness (QED) is 0.457. The molecule has 0 amide bonds. The summed E-state index contributed by atoms with van der Waals surface area (Å²) < 4.78 is 1.18. The number of hydrogen-bond donors (Lipinski definition) is 0. The van der Waals surface area contributed by atoms with Crippen molar-refractivity contribution >= 4 is 11.5 Å². The van der Waals surface area contributed by atoms with Crippen LogP contribution in [-0.2, 0) is 0 Å². The van der Waals surface area contributed by atoms with Gasteiger partial charge in [0.25, 0.3) is 0 Å². The zero-order chi connectivity index (χ0) is 8.55. The summed E-state index contributed by atoms with van der Waals surface area (Å²) in [5, 5.41) is 14.2. The first-order valence-corrected chi connectivity index (χ1v) is 3.22. The maximum Gasteiger partial charge on any atom is 0.368 e. The Balaban J connectivity index is 2.79. The van der Waals surface area contributed by atoms with E-state index in [-0.39, 0.29) is 5.82 Å². The molecule has 0 aliphatic heterocycles. The highest BCUT2D eigenvalue weighted by Gasteiger charge is 2.13. The van der Waals surface area contributed by atoms with Crippen LogP contribution in [0.3, 0.4) is 0 Å². The van der Waals surface area contributed by atoms with Crippen molar-refractivity contribution in [3.8, 4) is 0 Å². The van der Waals surface area contributed by atoms with E-state index in [0.717, 1.165) is 0 Å². The molecule has 6 nitrogen and oxygen atoms in total. The number of fused-ring (bicyclic) bond motifs is 1. The lowest BCUT2D eigenvalue weighted by molar-refractivity contribution is -0.391. The molecule has 0 N–H and O–H groups in total. The Labute approximate surface area is 66.6 Å². The fraction of sp³-hybridized carbons (Fsp3) is 0. The fourth-order valence-electron chi connectivity index (χ4n) is 0.941. The van der Waals surface area contributed by atoms with Gasteiger partial charge in [0.15, 0.2) is 0 Å². The molecule has 0 bridgehead atoms. The van der Waals surface area contributed by atoms with E-state index < -0.39 is 4.92 Å². The fourth-order valence-corrected chi connectivity index (χ4v) is 0.941. The van der Waals surface area contributed by atoms with Gasteiger partial charge in [-0.25, -0.2) is 4.98 Å². The van der Waals surface area contributed by atoms with Gasteiger partial charge in [-0.1, -0.05) is 9.61 Å². The van der Waals surface area contributed by atoms with E-state index in [9.17, 15) is 10.1 Å². The van der Waals surface area contributed by atoms with Crippen molar-refractivity contribution in [2.75, 3.05) is 0 Å². The monoisotopic (exact) mass is 164 g/mol. The zero-order valence-electron chi connectivity index (χ0n) is 5.91. The van der Waals surface area contributed by atoms with Gasteiger partial charge in [-0.3, -0.25) is 0 Å². The minimum absolute atomic E-state index is 0.120. The van der Waals surface area contributed by atoms with Gasteiger partial charge in [-0.2, -0.15) is 0 Å². The summed E-state index contributed by atoms with van der Waals surface area (Å²) in [5.41, 5.74) is 0.476. The molecule has 2 aromatic heterocycles. The first-order valence-electron chi connectivity index (χ1n) is 3.22. The average molecular weight is 164 g/mol. The number of nitro groups is 1. The Kier molecular flexibility index (Phi) is 1.26. The van der Waals surface area contributed by atoms with Gasteiger partial charge in [-0.05, 0) is 11.0 Å². The Hall–Kier alpha value is -1.98. The second-order valence-electron chi connectivity index (χ2n) is 2.17. The summed E-state index contributed by atoms with van der Waals surface area (Å²) in [6, 6.07) is 3.33. The van der Waals surface area contributed by atoms with E-state index in [1.807, 2.05) is 0 Å². The van der Waals surface area contributed by atoms with Crippen molar-refractivity contribution in [1.82, 2.24) is 14.6 Å². The van der Waals surface area contributed by atoms with Crippen LogP contribution in [0.25, 0.3) is 5.65 Å². The van der Waals surface area contributed by atoms with Crippen LogP contribution >= 0.6 is 0 Å². The van der Waals surface area contributed by atoms with Gasteiger partial charge in [0.05, 0.1) is 6.20 Å². The van der Waals surface area contributed by atoms with E-state index in [4.69, 9.17) is 0 Å². The van der Waals surface area contributed by atoms with Crippen LogP contribution in [0.15, 0.2) is 24.5 Å². The number of aromatic nitrogens is 3. The summed E-state index contributed by atoms with van der Waals surface area (Å²) in [7, 11) is 0. The van der Waals surface area contributed by atoms with Crippen LogP contribution in [-0.4, -0.2) is 19.5 Å². The second kappa shape index (κ2) is 2.26. The molecule has 0 atom stereocenters. The van der Waals surface area contributed by atoms with Crippen LogP contribution in [0.2, 0.25) is 0 Å². The summed E-state index contributed by atoms with van der Waals surface area (Å²) in [4.78, 5) is 13.7. The summed E-state index contributed by atoms with van der Waals surface area (Å²) in [6.07, 6.45) is 2.66. The highest BCUT2D eigenvalue weighted by molar-refractivity contribution is 5.41. The van der Waals surface area contributed by atoms with E-state index in [1.165, 1.54) is 16.9 Å². The van der Waals surface area contributed by atoms with Crippen molar-refractivity contribution in [2.24, 2.45) is 0 Å². The predicted molar refractivity (Wildman–Crippen MR) is 39.6 cm³/mol. The van der Waals surface area contributed by atoms with E-state index >= 15 is 0 Å². The number of rotatable bonds is 1. The lowest BCUT2D eigenvalue weighted by Crippen LogP contribution is -1.96. The SMILES string of the molecule is O=[N+]([O-])c1cnc2cccnn12. The number of nitrogens with zero attached hydrogens (tertiary/aromatic N) is 4. The molecule has 0 radical (unpaired) electrons. The van der Waals surface area contributed by atoms with Crippen LogP contribution in [0, 0.1) is 10.1 Å². The highest BCUT2D eigenvalue weighted by atomic mass is 16.6. The Morgan fingerprint density at radius 3 is 3.17 bits per heavy atom. The van der Waals surface area contributed by atoms with Crippen LogP contribution in [0.5, 0.6) is 0 Å². The van der Waals surface area contributed by atoms with Gasteiger partial charge >= 0.3 is 5.82 Å². The van der Waals surface area contributed by atoms with Gasteiger partial charge in [0.2, 0.25) is 5.65 Å². The Bertz CT molecular complexity index is 436. The first kappa shape index (κ1) is 6.71. The van der Waals surface area contributed by atoms with Crippen molar-refractivity contribution in [1.29, 1.82) is 0 Å². The van der Waals surface area contributed by atoms with Crippen molar-refractivity contribution in [2.45, 2.75) is 0 Å². The van der Waals surface area contributed by atoms with E-state index in [0.29, 0.717) is 5.65 Å². The molecule has 0 unspecified atom stereocenters. The molecule has 0 aliphatic rings. The largest absolute Gasteiger partial charge is 0.368 e. The molecular weight excluding hydrogens is 160 g/mol. The second-order valence-corrected chi connectivity index (χ2v) is 2.17. The summed E-state index contributed by atoms with van der Waals surface area (Å²) in [6.45, 7) is 0. The molecule has 0 aliphatic carbocycles. The third-order valence-electron chi connectivity index (χ3n) is 1.45. The third-order valence-corrected chi connectivity index (χ3v) is 1.45. The molecule has 12 heavy (non-hydrogen) atoms. The molecule has 0 saturated heterocycles. The molecule has 2 heterocycles. The first-order chi connectivity index (χ1) is 5.79. The smallest absolute Gasteiger partial charge is 0.358 e. The van der Waals surface area contributed by atoms with Crippen LogP contribution in [0.4, 0.5) is 5.82 Å². The van der Waals surface area contributed by atoms with E-state index in [1.54, 1.807) is 12.1 Å². The van der Waals surface area contributed by atoms with Gasteiger partial charge < -0.3 is 10.1 Å². The maximum absolute atomic E-state index is 10.4. The maximum atomic E-state index is 10.4. The standard InChI is InChI=1S/C6H4N4O2/c11-10(12)6-4-7-5-2-1-3-8-9(5)6/h1-4H. The highest BCUT2D eigenvalue weighted by Crippen LogP contribution is 2.10. The van der Waals surface area contributed by atoms with Crippen molar-refractivity contribution in [3.05, 3.63) is 34.6 Å². The number of hydrogen-bond acceptors (Lipinski definition) is 4. The predicted octanol–water partition coefficient (Wildman–Crippen LogP) is 0.637. The van der Waals surface area contributed by atoms with Crippen molar-refractivity contribution in [3.63, 3.8) is 0 Å². The molecule has 0 aromatic carbocycles. The molecule has 0 spiro atoms. The molecule has 60 valence electrons. The molecule has 0 fully saturated rings. The van der Waals surface area contributed by atoms with Gasteiger partial charge in [0.1, 0.15) is 6.20 Å². The van der Waals surface area contributed by atoms with Gasteiger partial charge in [0, 0.05) is 6.07 Å². The zero-order valence-corrected chi connectivity index (χ0v) is 5.91. The van der Waals surface area contributed by atoms with E-state index in [2.05, 4.69) is 10.1 Å². The molecule has 2 rings (SSSR count). The normalized spacial score (nSPS) is 10.3. The molecule has 6 heteroatoms. The Morgan fingerprint density at radius 1 is 1.58 bits per heavy atom.